The number of carboxylic acid groups (broad SMARTS) is 1. The van der Waals surface area contributed by atoms with E-state index < -0.39 is 5.97 Å². The van der Waals surface area contributed by atoms with Crippen molar-refractivity contribution in [2.75, 3.05) is 13.1 Å². The maximum atomic E-state index is 10.2. The topological polar surface area (TPSA) is 49.3 Å². The lowest BCUT2D eigenvalue weighted by atomic mass is 9.95. The number of aliphatic carboxylic acids is 1. The van der Waals surface area contributed by atoms with Crippen LogP contribution in [0.1, 0.15) is 25.7 Å². The van der Waals surface area contributed by atoms with Gasteiger partial charge in [0.15, 0.2) is 0 Å². The molecule has 1 saturated heterocycles. The van der Waals surface area contributed by atoms with Crippen LogP contribution in [0.4, 0.5) is 0 Å². The predicted molar refractivity (Wildman–Crippen MR) is 49.7 cm³/mol. The van der Waals surface area contributed by atoms with Crippen LogP contribution in [0.15, 0.2) is 0 Å². The largest absolute Gasteiger partial charge is 0.481 e. The van der Waals surface area contributed by atoms with Gasteiger partial charge < -0.3 is 10.4 Å². The zero-order chi connectivity index (χ0) is 8.10. The molecule has 3 nitrogen and oxygen atoms in total. The van der Waals surface area contributed by atoms with Crippen LogP contribution in [0, 0.1) is 5.92 Å². The Kier molecular flexibility index (Phi) is 6.11. The molecule has 0 bridgehead atoms. The van der Waals surface area contributed by atoms with Crippen molar-refractivity contribution in [1.29, 1.82) is 0 Å². The summed E-state index contributed by atoms with van der Waals surface area (Å²) in [6.07, 6.45) is 3.55. The van der Waals surface area contributed by atoms with Crippen molar-refractivity contribution < 1.29 is 9.90 Å². The highest BCUT2D eigenvalue weighted by Crippen LogP contribution is 2.15. The van der Waals surface area contributed by atoms with Gasteiger partial charge >= 0.3 is 5.97 Å². The van der Waals surface area contributed by atoms with Gasteiger partial charge in [-0.05, 0) is 38.3 Å². The minimum Gasteiger partial charge on any atom is -0.481 e. The van der Waals surface area contributed by atoms with Gasteiger partial charge in [0.25, 0.3) is 0 Å². The van der Waals surface area contributed by atoms with E-state index in [-0.39, 0.29) is 12.4 Å². The molecule has 1 rings (SSSR count). The molecule has 0 amide bonds. The first kappa shape index (κ1) is 11.7. The number of piperidine rings is 1. The molecule has 1 heterocycles. The number of halogens is 1. The van der Waals surface area contributed by atoms with Crippen molar-refractivity contribution in [3.63, 3.8) is 0 Å². The molecule has 1 fully saturated rings. The Hall–Kier alpha value is -0.280. The summed E-state index contributed by atoms with van der Waals surface area (Å²) in [5.41, 5.74) is 0. The van der Waals surface area contributed by atoms with Gasteiger partial charge in [0.05, 0.1) is 0 Å². The van der Waals surface area contributed by atoms with E-state index in [4.69, 9.17) is 5.11 Å². The van der Waals surface area contributed by atoms with E-state index in [1.807, 2.05) is 0 Å². The first-order valence-corrected chi connectivity index (χ1v) is 4.21. The van der Waals surface area contributed by atoms with E-state index in [2.05, 4.69) is 5.32 Å². The van der Waals surface area contributed by atoms with E-state index in [1.54, 1.807) is 0 Å². The van der Waals surface area contributed by atoms with E-state index in [0.717, 1.165) is 19.5 Å². The molecule has 0 aliphatic carbocycles. The molecule has 0 unspecified atom stereocenters. The van der Waals surface area contributed by atoms with Crippen molar-refractivity contribution in [2.45, 2.75) is 25.7 Å². The Balaban J connectivity index is 0.00000121. The molecule has 1 aliphatic rings. The van der Waals surface area contributed by atoms with E-state index >= 15 is 0 Å². The second-order valence-electron chi connectivity index (χ2n) is 3.14. The molecular weight excluding hydrogens is 178 g/mol. The lowest BCUT2D eigenvalue weighted by Crippen LogP contribution is -2.29. The van der Waals surface area contributed by atoms with Crippen LogP contribution in [0.2, 0.25) is 0 Å². The Labute approximate surface area is 78.9 Å². The van der Waals surface area contributed by atoms with Gasteiger partial charge in [0.2, 0.25) is 0 Å². The normalized spacial score (nSPS) is 22.8. The lowest BCUT2D eigenvalue weighted by Gasteiger charge is -2.21. The molecule has 0 saturated carbocycles. The molecule has 72 valence electrons. The number of carboxylic acids is 1. The SMILES string of the molecule is Cl.O=C(O)CC[C@@H]1CCCNC1. The van der Waals surface area contributed by atoms with Gasteiger partial charge in [-0.25, -0.2) is 0 Å². The summed E-state index contributed by atoms with van der Waals surface area (Å²) in [4.78, 5) is 10.2. The Bertz CT molecular complexity index is 135. The summed E-state index contributed by atoms with van der Waals surface area (Å²) < 4.78 is 0. The van der Waals surface area contributed by atoms with Crippen LogP contribution in [-0.2, 0) is 4.79 Å². The Morgan fingerprint density at radius 2 is 2.33 bits per heavy atom. The van der Waals surface area contributed by atoms with Crippen LogP contribution in [-0.4, -0.2) is 24.2 Å². The van der Waals surface area contributed by atoms with E-state index in [1.165, 1.54) is 12.8 Å². The highest BCUT2D eigenvalue weighted by atomic mass is 35.5. The summed E-state index contributed by atoms with van der Waals surface area (Å²) in [5.74, 6) is -0.0737. The summed E-state index contributed by atoms with van der Waals surface area (Å²) in [6, 6.07) is 0. The van der Waals surface area contributed by atoms with Crippen LogP contribution in [0.5, 0.6) is 0 Å². The molecule has 1 atom stereocenters. The van der Waals surface area contributed by atoms with Crippen molar-refractivity contribution in [1.82, 2.24) is 5.32 Å². The molecule has 0 aromatic heterocycles. The van der Waals surface area contributed by atoms with Crippen molar-refractivity contribution in [3.05, 3.63) is 0 Å². The van der Waals surface area contributed by atoms with Gasteiger partial charge in [-0.15, -0.1) is 12.4 Å². The highest BCUT2D eigenvalue weighted by molar-refractivity contribution is 5.85. The molecule has 12 heavy (non-hydrogen) atoms. The summed E-state index contributed by atoms with van der Waals surface area (Å²) in [7, 11) is 0. The maximum Gasteiger partial charge on any atom is 0.303 e. The molecule has 0 spiro atoms. The van der Waals surface area contributed by atoms with Gasteiger partial charge in [-0.2, -0.15) is 0 Å². The molecule has 1 aliphatic heterocycles. The summed E-state index contributed by atoms with van der Waals surface area (Å²) >= 11 is 0. The fourth-order valence-electron chi connectivity index (χ4n) is 1.50. The van der Waals surface area contributed by atoms with Gasteiger partial charge in [0, 0.05) is 6.42 Å². The van der Waals surface area contributed by atoms with Gasteiger partial charge in [-0.3, -0.25) is 4.79 Å². The van der Waals surface area contributed by atoms with Crippen LogP contribution in [0.25, 0.3) is 0 Å². The number of nitrogens with one attached hydrogen (secondary N) is 1. The van der Waals surface area contributed by atoms with Gasteiger partial charge in [0.1, 0.15) is 0 Å². The first-order valence-electron chi connectivity index (χ1n) is 4.21. The van der Waals surface area contributed by atoms with Crippen LogP contribution >= 0.6 is 12.4 Å². The average Bonchev–Trinajstić information content (AvgIpc) is 2.03. The minimum atomic E-state index is -0.671. The summed E-state index contributed by atoms with van der Waals surface area (Å²) in [6.45, 7) is 2.11. The number of rotatable bonds is 3. The van der Waals surface area contributed by atoms with Crippen molar-refractivity contribution in [3.8, 4) is 0 Å². The van der Waals surface area contributed by atoms with Crippen LogP contribution < -0.4 is 5.32 Å². The summed E-state index contributed by atoms with van der Waals surface area (Å²) in [5, 5.41) is 11.7. The van der Waals surface area contributed by atoms with Gasteiger partial charge in [-0.1, -0.05) is 0 Å². The standard InChI is InChI=1S/C8H15NO2.ClH/c10-8(11)4-3-7-2-1-5-9-6-7;/h7,9H,1-6H2,(H,10,11);1H/t7-;/m0./s1. The quantitative estimate of drug-likeness (QED) is 0.710. The molecular formula is C8H16ClNO2. The molecule has 4 heteroatoms. The zero-order valence-electron chi connectivity index (χ0n) is 7.08. The van der Waals surface area contributed by atoms with Crippen molar-refractivity contribution in [2.24, 2.45) is 5.92 Å². The number of carbonyl (C=O) groups is 1. The van der Waals surface area contributed by atoms with Crippen LogP contribution in [0.3, 0.4) is 0 Å². The highest BCUT2D eigenvalue weighted by Gasteiger charge is 2.13. The van der Waals surface area contributed by atoms with Crippen molar-refractivity contribution >= 4 is 18.4 Å². The number of hydrogen-bond donors (Lipinski definition) is 2. The lowest BCUT2D eigenvalue weighted by molar-refractivity contribution is -0.137. The third-order valence-corrected chi connectivity index (χ3v) is 2.17. The Morgan fingerprint density at radius 3 is 2.83 bits per heavy atom. The minimum absolute atomic E-state index is 0. The maximum absolute atomic E-state index is 10.2. The fourth-order valence-corrected chi connectivity index (χ4v) is 1.50. The predicted octanol–water partition coefficient (Wildman–Crippen LogP) is 1.27. The molecule has 0 aromatic carbocycles. The Morgan fingerprint density at radius 1 is 1.58 bits per heavy atom. The average molecular weight is 194 g/mol. The first-order chi connectivity index (χ1) is 5.29. The number of hydrogen-bond acceptors (Lipinski definition) is 2. The zero-order valence-corrected chi connectivity index (χ0v) is 7.90. The smallest absolute Gasteiger partial charge is 0.303 e. The second kappa shape index (κ2) is 6.26. The fraction of sp³-hybridized carbons (Fsp3) is 0.875. The van der Waals surface area contributed by atoms with E-state index in [9.17, 15) is 4.79 Å². The molecule has 0 radical (unpaired) electrons. The third-order valence-electron chi connectivity index (χ3n) is 2.17. The van der Waals surface area contributed by atoms with E-state index in [0.29, 0.717) is 12.3 Å². The molecule has 0 aromatic rings. The third kappa shape index (κ3) is 4.57. The monoisotopic (exact) mass is 193 g/mol. The second-order valence-corrected chi connectivity index (χ2v) is 3.14. The molecule has 2 N–H and O–H groups in total.